The number of hydrogen-bond acceptors (Lipinski definition) is 6. The molecule has 0 saturated heterocycles. The van der Waals surface area contributed by atoms with Gasteiger partial charge in [0, 0.05) is 12.3 Å². The molecule has 2 rings (SSSR count). The number of ether oxygens (including phenoxy) is 1. The van der Waals surface area contributed by atoms with E-state index >= 15 is 0 Å². The van der Waals surface area contributed by atoms with E-state index in [0.717, 1.165) is 5.56 Å². The number of nitrogens with two attached hydrogens (primary N) is 1. The van der Waals surface area contributed by atoms with Gasteiger partial charge in [0.15, 0.2) is 5.84 Å². The number of aromatic nitrogens is 2. The minimum Gasteiger partial charge on any atom is -0.424 e. The molecule has 2 aromatic rings. The van der Waals surface area contributed by atoms with Crippen LogP contribution in [-0.2, 0) is 6.42 Å². The number of amidine groups is 1. The second-order valence-electron chi connectivity index (χ2n) is 4.38. The van der Waals surface area contributed by atoms with Crippen molar-refractivity contribution in [3.63, 3.8) is 0 Å². The summed E-state index contributed by atoms with van der Waals surface area (Å²) in [4.78, 5) is 8.21. The number of hydrogen-bond donors (Lipinski definition) is 3. The van der Waals surface area contributed by atoms with Gasteiger partial charge in [-0.05, 0) is 37.1 Å². The van der Waals surface area contributed by atoms with Crippen LogP contribution >= 0.6 is 0 Å². The van der Waals surface area contributed by atoms with E-state index in [2.05, 4.69) is 15.1 Å². The van der Waals surface area contributed by atoms with Crippen molar-refractivity contribution in [3.05, 3.63) is 47.3 Å². The van der Waals surface area contributed by atoms with Gasteiger partial charge in [0.05, 0.1) is 0 Å². The van der Waals surface area contributed by atoms with E-state index in [1.54, 1.807) is 25.1 Å². The van der Waals surface area contributed by atoms with E-state index in [-0.39, 0.29) is 24.1 Å². The molecular weight excluding hydrogens is 272 g/mol. The van der Waals surface area contributed by atoms with Crippen LogP contribution in [0, 0.1) is 6.92 Å². The number of aliphatic hydroxyl groups excluding tert-OH is 1. The van der Waals surface area contributed by atoms with Crippen molar-refractivity contribution in [2.75, 3.05) is 6.61 Å². The van der Waals surface area contributed by atoms with Crippen LogP contribution in [-0.4, -0.2) is 32.7 Å². The zero-order chi connectivity index (χ0) is 15.2. The van der Waals surface area contributed by atoms with E-state index in [1.165, 1.54) is 0 Å². The van der Waals surface area contributed by atoms with E-state index in [9.17, 15) is 0 Å². The Balaban J connectivity index is 2.20. The summed E-state index contributed by atoms with van der Waals surface area (Å²) in [5.41, 5.74) is 7.44. The number of aliphatic hydroxyl groups is 1. The summed E-state index contributed by atoms with van der Waals surface area (Å²) >= 11 is 0. The summed E-state index contributed by atoms with van der Waals surface area (Å²) in [5, 5.41) is 20.5. The molecular formula is C14H16N4O3. The minimum atomic E-state index is -0.108. The molecule has 110 valence electrons. The molecule has 0 amide bonds. The van der Waals surface area contributed by atoms with E-state index < -0.39 is 0 Å². The zero-order valence-corrected chi connectivity index (χ0v) is 11.5. The molecule has 0 spiro atoms. The van der Waals surface area contributed by atoms with Gasteiger partial charge in [0.1, 0.15) is 11.4 Å². The lowest BCUT2D eigenvalue weighted by Crippen LogP contribution is -2.16. The van der Waals surface area contributed by atoms with Gasteiger partial charge in [0.2, 0.25) is 0 Å². The normalized spacial score (nSPS) is 11.4. The molecule has 21 heavy (non-hydrogen) atoms. The second-order valence-corrected chi connectivity index (χ2v) is 4.38. The molecule has 0 bridgehead atoms. The smallest absolute Gasteiger partial charge is 0.322 e. The van der Waals surface area contributed by atoms with Crippen LogP contribution in [0.4, 0.5) is 0 Å². The summed E-state index contributed by atoms with van der Waals surface area (Å²) in [5.74, 6) is 0.455. The fourth-order valence-electron chi connectivity index (χ4n) is 1.73. The van der Waals surface area contributed by atoms with Gasteiger partial charge >= 0.3 is 6.01 Å². The Bertz CT molecular complexity index is 641. The first-order valence-corrected chi connectivity index (χ1v) is 6.33. The topological polar surface area (TPSA) is 114 Å². The van der Waals surface area contributed by atoms with Crippen LogP contribution in [0.3, 0.4) is 0 Å². The van der Waals surface area contributed by atoms with Gasteiger partial charge in [-0.1, -0.05) is 17.3 Å². The summed E-state index contributed by atoms with van der Waals surface area (Å²) in [6.07, 6.45) is 0.592. The second kappa shape index (κ2) is 6.67. The molecule has 0 aliphatic heterocycles. The SMILES string of the molecule is Cc1cc(/C(N)=N/O)nc(Oc2ccc(CCO)cc2)n1. The Kier molecular flexibility index (Phi) is 4.68. The van der Waals surface area contributed by atoms with Gasteiger partial charge < -0.3 is 20.8 Å². The molecule has 1 heterocycles. The monoisotopic (exact) mass is 288 g/mol. The summed E-state index contributed by atoms with van der Waals surface area (Å²) < 4.78 is 5.55. The quantitative estimate of drug-likeness (QED) is 0.330. The van der Waals surface area contributed by atoms with Gasteiger partial charge in [-0.2, -0.15) is 4.98 Å². The predicted octanol–water partition coefficient (Wildman–Crippen LogP) is 1.21. The van der Waals surface area contributed by atoms with Crippen molar-refractivity contribution in [1.82, 2.24) is 9.97 Å². The van der Waals surface area contributed by atoms with Crippen LogP contribution in [0.25, 0.3) is 0 Å². The number of benzene rings is 1. The number of oxime groups is 1. The lowest BCUT2D eigenvalue weighted by Gasteiger charge is -2.07. The molecule has 7 heteroatoms. The Morgan fingerprint density at radius 1 is 1.29 bits per heavy atom. The van der Waals surface area contributed by atoms with Crippen molar-refractivity contribution < 1.29 is 15.1 Å². The number of aryl methyl sites for hydroxylation is 1. The first-order chi connectivity index (χ1) is 10.1. The molecule has 1 aromatic carbocycles. The highest BCUT2D eigenvalue weighted by Crippen LogP contribution is 2.19. The summed E-state index contributed by atoms with van der Waals surface area (Å²) in [7, 11) is 0. The van der Waals surface area contributed by atoms with Crippen LogP contribution in [0.5, 0.6) is 11.8 Å². The largest absolute Gasteiger partial charge is 0.424 e. The average Bonchev–Trinajstić information content (AvgIpc) is 2.48. The Labute approximate surface area is 121 Å². The molecule has 4 N–H and O–H groups in total. The van der Waals surface area contributed by atoms with E-state index in [4.69, 9.17) is 20.8 Å². The molecule has 1 aromatic heterocycles. The zero-order valence-electron chi connectivity index (χ0n) is 11.5. The third-order valence-electron chi connectivity index (χ3n) is 2.74. The highest BCUT2D eigenvalue weighted by atomic mass is 16.5. The molecule has 0 aliphatic carbocycles. The highest BCUT2D eigenvalue weighted by Gasteiger charge is 2.08. The minimum absolute atomic E-state index is 0.102. The molecule has 0 saturated carbocycles. The first kappa shape index (κ1) is 14.7. The van der Waals surface area contributed by atoms with Crippen molar-refractivity contribution in [3.8, 4) is 11.8 Å². The molecule has 0 atom stereocenters. The van der Waals surface area contributed by atoms with Crippen LogP contribution in [0.15, 0.2) is 35.5 Å². The first-order valence-electron chi connectivity index (χ1n) is 6.33. The molecule has 0 aliphatic rings. The van der Waals surface area contributed by atoms with Crippen molar-refractivity contribution in [2.24, 2.45) is 10.9 Å². The maximum Gasteiger partial charge on any atom is 0.322 e. The van der Waals surface area contributed by atoms with Gasteiger partial charge in [-0.15, -0.1) is 0 Å². The fourth-order valence-corrected chi connectivity index (χ4v) is 1.73. The van der Waals surface area contributed by atoms with Crippen molar-refractivity contribution in [2.45, 2.75) is 13.3 Å². The predicted molar refractivity (Wildman–Crippen MR) is 76.6 cm³/mol. The Morgan fingerprint density at radius 3 is 2.62 bits per heavy atom. The highest BCUT2D eigenvalue weighted by molar-refractivity contribution is 5.95. The number of rotatable bonds is 5. The Morgan fingerprint density at radius 2 is 2.00 bits per heavy atom. The molecule has 0 radical (unpaired) electrons. The average molecular weight is 288 g/mol. The maximum atomic E-state index is 8.87. The summed E-state index contributed by atoms with van der Waals surface area (Å²) in [6.45, 7) is 1.86. The van der Waals surface area contributed by atoms with Crippen LogP contribution < -0.4 is 10.5 Å². The van der Waals surface area contributed by atoms with Gasteiger partial charge in [0.25, 0.3) is 0 Å². The van der Waals surface area contributed by atoms with Crippen LogP contribution in [0.1, 0.15) is 17.0 Å². The lowest BCUT2D eigenvalue weighted by molar-refractivity contribution is 0.299. The van der Waals surface area contributed by atoms with E-state index in [1.807, 2.05) is 12.1 Å². The van der Waals surface area contributed by atoms with Gasteiger partial charge in [-0.25, -0.2) is 4.98 Å². The molecule has 0 unspecified atom stereocenters. The third kappa shape index (κ3) is 3.90. The standard InChI is InChI=1S/C14H16N4O3/c1-9-8-12(13(15)18-20)17-14(16-9)21-11-4-2-10(3-5-11)6-7-19/h2-5,8,19-20H,6-7H2,1H3,(H2,15,18). The number of nitrogens with zero attached hydrogens (tertiary/aromatic N) is 3. The fraction of sp³-hybridized carbons (Fsp3) is 0.214. The molecule has 0 fully saturated rings. The Hall–Kier alpha value is -2.67. The van der Waals surface area contributed by atoms with Crippen LogP contribution in [0.2, 0.25) is 0 Å². The third-order valence-corrected chi connectivity index (χ3v) is 2.74. The van der Waals surface area contributed by atoms with Crippen molar-refractivity contribution in [1.29, 1.82) is 0 Å². The van der Waals surface area contributed by atoms with E-state index in [0.29, 0.717) is 17.9 Å². The maximum absolute atomic E-state index is 8.87. The lowest BCUT2D eigenvalue weighted by atomic mass is 10.1. The van der Waals surface area contributed by atoms with Crippen molar-refractivity contribution >= 4 is 5.84 Å². The summed E-state index contributed by atoms with van der Waals surface area (Å²) in [6, 6.07) is 8.94. The van der Waals surface area contributed by atoms with Gasteiger partial charge in [-0.3, -0.25) is 0 Å². The molecule has 7 nitrogen and oxygen atoms in total.